The first-order valence-electron chi connectivity index (χ1n) is 5.57. The molecule has 0 spiro atoms. The van der Waals surface area contributed by atoms with Crippen LogP contribution in [-0.4, -0.2) is 32.0 Å². The average Bonchev–Trinajstić information content (AvgIpc) is 2.74. The van der Waals surface area contributed by atoms with Crippen LogP contribution in [0.4, 0.5) is 0 Å². The molecule has 82 valence electrons. The zero-order valence-corrected chi connectivity index (χ0v) is 8.58. The first-order chi connectivity index (χ1) is 6.92. The van der Waals surface area contributed by atoms with Gasteiger partial charge in [-0.1, -0.05) is 0 Å². The summed E-state index contributed by atoms with van der Waals surface area (Å²) < 4.78 is 11.1. The molecule has 0 aromatic carbocycles. The fourth-order valence-electron chi connectivity index (χ4n) is 2.48. The molecule has 2 saturated heterocycles. The van der Waals surface area contributed by atoms with Gasteiger partial charge in [-0.05, 0) is 25.7 Å². The van der Waals surface area contributed by atoms with Gasteiger partial charge in [0, 0.05) is 19.1 Å². The SMILES string of the molecule is NNC(C1CCCOC1)C1CCCO1. The van der Waals surface area contributed by atoms with Gasteiger partial charge in [0.25, 0.3) is 0 Å². The predicted octanol–water partition coefficient (Wildman–Crippen LogP) is 0.424. The fraction of sp³-hybridized carbons (Fsp3) is 1.00. The second-order valence-electron chi connectivity index (χ2n) is 4.22. The van der Waals surface area contributed by atoms with E-state index in [-0.39, 0.29) is 6.04 Å². The fourth-order valence-corrected chi connectivity index (χ4v) is 2.48. The molecule has 3 atom stereocenters. The van der Waals surface area contributed by atoms with Crippen molar-refractivity contribution in [2.45, 2.75) is 37.8 Å². The Balaban J connectivity index is 1.89. The quantitative estimate of drug-likeness (QED) is 0.512. The summed E-state index contributed by atoms with van der Waals surface area (Å²) >= 11 is 0. The van der Waals surface area contributed by atoms with Crippen LogP contribution in [0, 0.1) is 5.92 Å². The van der Waals surface area contributed by atoms with Crippen molar-refractivity contribution in [3.8, 4) is 0 Å². The summed E-state index contributed by atoms with van der Waals surface area (Å²) in [6, 6.07) is 0.276. The largest absolute Gasteiger partial charge is 0.381 e. The summed E-state index contributed by atoms with van der Waals surface area (Å²) in [5.74, 6) is 6.12. The van der Waals surface area contributed by atoms with Crippen LogP contribution in [0.25, 0.3) is 0 Å². The standard InChI is InChI=1S/C10H20N2O2/c11-12-10(9-4-2-6-14-9)8-3-1-5-13-7-8/h8-10,12H,1-7,11H2. The molecule has 4 nitrogen and oxygen atoms in total. The Hall–Kier alpha value is -0.160. The Morgan fingerprint density at radius 2 is 2.07 bits per heavy atom. The zero-order chi connectivity index (χ0) is 9.80. The van der Waals surface area contributed by atoms with Crippen LogP contribution in [0.3, 0.4) is 0 Å². The van der Waals surface area contributed by atoms with Gasteiger partial charge < -0.3 is 9.47 Å². The Bertz CT molecular complexity index is 166. The minimum absolute atomic E-state index is 0.276. The lowest BCUT2D eigenvalue weighted by Crippen LogP contribution is -2.50. The van der Waals surface area contributed by atoms with Gasteiger partial charge >= 0.3 is 0 Å². The van der Waals surface area contributed by atoms with Crippen molar-refractivity contribution in [1.82, 2.24) is 5.43 Å². The van der Waals surface area contributed by atoms with Crippen molar-refractivity contribution in [2.75, 3.05) is 19.8 Å². The van der Waals surface area contributed by atoms with Gasteiger partial charge in [-0.15, -0.1) is 0 Å². The van der Waals surface area contributed by atoms with Gasteiger partial charge in [0.1, 0.15) is 0 Å². The van der Waals surface area contributed by atoms with Crippen LogP contribution >= 0.6 is 0 Å². The van der Waals surface area contributed by atoms with Crippen molar-refractivity contribution in [3.63, 3.8) is 0 Å². The maximum absolute atomic E-state index is 5.66. The van der Waals surface area contributed by atoms with Crippen molar-refractivity contribution >= 4 is 0 Å². The van der Waals surface area contributed by atoms with E-state index in [1.807, 2.05) is 0 Å². The summed E-state index contributed by atoms with van der Waals surface area (Å²) in [7, 11) is 0. The predicted molar refractivity (Wildman–Crippen MR) is 53.6 cm³/mol. The van der Waals surface area contributed by atoms with E-state index in [2.05, 4.69) is 5.43 Å². The topological polar surface area (TPSA) is 56.5 Å². The lowest BCUT2D eigenvalue weighted by molar-refractivity contribution is -0.00368. The van der Waals surface area contributed by atoms with Crippen LogP contribution in [-0.2, 0) is 9.47 Å². The number of rotatable bonds is 3. The van der Waals surface area contributed by atoms with Crippen molar-refractivity contribution in [1.29, 1.82) is 0 Å². The molecule has 2 fully saturated rings. The molecule has 2 rings (SSSR count). The third kappa shape index (κ3) is 2.25. The number of hydrazine groups is 1. The molecule has 2 aliphatic rings. The molecule has 2 aliphatic heterocycles. The van der Waals surface area contributed by atoms with Crippen molar-refractivity contribution < 1.29 is 9.47 Å². The Labute approximate surface area is 85.1 Å². The molecule has 3 N–H and O–H groups in total. The van der Waals surface area contributed by atoms with Crippen molar-refractivity contribution in [2.24, 2.45) is 11.8 Å². The minimum atomic E-state index is 0.276. The van der Waals surface area contributed by atoms with Gasteiger partial charge in [-0.3, -0.25) is 11.3 Å². The second kappa shape index (κ2) is 5.07. The number of hydrogen-bond donors (Lipinski definition) is 2. The molecular weight excluding hydrogens is 180 g/mol. The molecule has 0 aromatic rings. The Kier molecular flexibility index (Phi) is 3.75. The maximum Gasteiger partial charge on any atom is 0.0745 e. The van der Waals surface area contributed by atoms with Crippen LogP contribution < -0.4 is 11.3 Å². The number of hydrogen-bond acceptors (Lipinski definition) is 4. The third-order valence-electron chi connectivity index (χ3n) is 3.26. The molecule has 0 saturated carbocycles. The van der Waals surface area contributed by atoms with E-state index in [4.69, 9.17) is 15.3 Å². The summed E-state index contributed by atoms with van der Waals surface area (Å²) in [6.45, 7) is 2.62. The number of ether oxygens (including phenoxy) is 2. The first-order valence-corrected chi connectivity index (χ1v) is 5.57. The minimum Gasteiger partial charge on any atom is -0.381 e. The molecule has 0 aliphatic carbocycles. The monoisotopic (exact) mass is 200 g/mol. The molecule has 3 unspecified atom stereocenters. The second-order valence-corrected chi connectivity index (χ2v) is 4.22. The van der Waals surface area contributed by atoms with E-state index >= 15 is 0 Å². The van der Waals surface area contributed by atoms with E-state index in [9.17, 15) is 0 Å². The molecule has 2 heterocycles. The Morgan fingerprint density at radius 1 is 1.21 bits per heavy atom. The smallest absolute Gasteiger partial charge is 0.0745 e. The van der Waals surface area contributed by atoms with Crippen LogP contribution in [0.1, 0.15) is 25.7 Å². The summed E-state index contributed by atoms with van der Waals surface area (Å²) in [5.41, 5.74) is 2.91. The van der Waals surface area contributed by atoms with Gasteiger partial charge in [0.2, 0.25) is 0 Å². The lowest BCUT2D eigenvalue weighted by Gasteiger charge is -2.32. The van der Waals surface area contributed by atoms with E-state index in [0.29, 0.717) is 12.0 Å². The molecule has 0 amide bonds. The highest BCUT2D eigenvalue weighted by atomic mass is 16.5. The van der Waals surface area contributed by atoms with Gasteiger partial charge in [-0.25, -0.2) is 0 Å². The summed E-state index contributed by atoms with van der Waals surface area (Å²) in [4.78, 5) is 0. The lowest BCUT2D eigenvalue weighted by atomic mass is 9.89. The van der Waals surface area contributed by atoms with E-state index in [1.165, 1.54) is 6.42 Å². The maximum atomic E-state index is 5.66. The number of nitrogens with one attached hydrogen (secondary N) is 1. The summed E-state index contributed by atoms with van der Waals surface area (Å²) in [5, 5.41) is 0. The van der Waals surface area contributed by atoms with Crippen molar-refractivity contribution in [3.05, 3.63) is 0 Å². The van der Waals surface area contributed by atoms with Gasteiger partial charge in [0.05, 0.1) is 18.8 Å². The molecule has 0 bridgehead atoms. The van der Waals surface area contributed by atoms with E-state index in [0.717, 1.165) is 39.1 Å². The highest BCUT2D eigenvalue weighted by molar-refractivity contribution is 4.85. The van der Waals surface area contributed by atoms with Crippen LogP contribution in [0.15, 0.2) is 0 Å². The molecular formula is C10H20N2O2. The Morgan fingerprint density at radius 3 is 2.64 bits per heavy atom. The van der Waals surface area contributed by atoms with Gasteiger partial charge in [0.15, 0.2) is 0 Å². The van der Waals surface area contributed by atoms with Crippen LogP contribution in [0.5, 0.6) is 0 Å². The van der Waals surface area contributed by atoms with Crippen LogP contribution in [0.2, 0.25) is 0 Å². The average molecular weight is 200 g/mol. The molecule has 14 heavy (non-hydrogen) atoms. The van der Waals surface area contributed by atoms with Gasteiger partial charge in [-0.2, -0.15) is 0 Å². The zero-order valence-electron chi connectivity index (χ0n) is 8.58. The summed E-state index contributed by atoms with van der Waals surface area (Å²) in [6.07, 6.45) is 4.94. The normalized spacial score (nSPS) is 35.8. The van der Waals surface area contributed by atoms with E-state index in [1.54, 1.807) is 0 Å². The third-order valence-corrected chi connectivity index (χ3v) is 3.26. The molecule has 4 heteroatoms. The molecule has 0 radical (unpaired) electrons. The first kappa shape index (κ1) is 10.4. The van der Waals surface area contributed by atoms with E-state index < -0.39 is 0 Å². The highest BCUT2D eigenvalue weighted by Gasteiger charge is 2.32. The number of nitrogens with two attached hydrogens (primary N) is 1. The molecule has 0 aromatic heterocycles. The highest BCUT2D eigenvalue weighted by Crippen LogP contribution is 2.25.